The fourth-order valence-electron chi connectivity index (χ4n) is 2.02. The largest absolute Gasteiger partial charge is 0.396 e. The fourth-order valence-corrected chi connectivity index (χ4v) is 2.02. The molecule has 3 N–H and O–H groups in total. The number of ether oxygens (including phenoxy) is 1. The minimum absolute atomic E-state index is 0.0392. The molecule has 0 amide bonds. The average molecular weight is 296 g/mol. The fraction of sp³-hybridized carbons (Fsp3) is 0.733. The summed E-state index contributed by atoms with van der Waals surface area (Å²) in [5.74, 6) is 2.50. The molecule has 0 aromatic carbocycles. The Morgan fingerprint density at radius 1 is 1.24 bits per heavy atom. The summed E-state index contributed by atoms with van der Waals surface area (Å²) in [5.41, 5.74) is 1.000. The van der Waals surface area contributed by atoms with Crippen LogP contribution in [0.3, 0.4) is 0 Å². The van der Waals surface area contributed by atoms with E-state index in [0.717, 1.165) is 42.4 Å². The summed E-state index contributed by atoms with van der Waals surface area (Å²) in [7, 11) is 1.66. The molecular weight excluding hydrogens is 268 g/mol. The van der Waals surface area contributed by atoms with E-state index in [4.69, 9.17) is 9.84 Å². The zero-order chi connectivity index (χ0) is 15.7. The second kappa shape index (κ2) is 9.52. The second-order valence-corrected chi connectivity index (χ2v) is 5.05. The first-order valence-corrected chi connectivity index (χ1v) is 7.63. The topological polar surface area (TPSA) is 79.3 Å². The van der Waals surface area contributed by atoms with Crippen LogP contribution in [-0.4, -0.2) is 48.0 Å². The van der Waals surface area contributed by atoms with E-state index in [-0.39, 0.29) is 12.6 Å². The maximum absolute atomic E-state index is 9.14. The minimum Gasteiger partial charge on any atom is -0.396 e. The molecule has 0 bridgehead atoms. The van der Waals surface area contributed by atoms with Crippen LogP contribution in [0.15, 0.2) is 0 Å². The van der Waals surface area contributed by atoms with Crippen molar-refractivity contribution in [1.82, 2.24) is 9.97 Å². The highest BCUT2D eigenvalue weighted by Crippen LogP contribution is 2.21. The van der Waals surface area contributed by atoms with Crippen molar-refractivity contribution in [2.75, 3.05) is 37.5 Å². The van der Waals surface area contributed by atoms with Crippen LogP contribution in [-0.2, 0) is 11.2 Å². The molecule has 0 radical (unpaired) electrons. The summed E-state index contributed by atoms with van der Waals surface area (Å²) >= 11 is 0. The number of aromatic nitrogens is 2. The van der Waals surface area contributed by atoms with Gasteiger partial charge in [-0.1, -0.05) is 13.8 Å². The lowest BCUT2D eigenvalue weighted by Gasteiger charge is -2.20. The number of anilines is 2. The predicted molar refractivity (Wildman–Crippen MR) is 85.9 cm³/mol. The van der Waals surface area contributed by atoms with E-state index in [2.05, 4.69) is 27.5 Å². The van der Waals surface area contributed by atoms with Crippen molar-refractivity contribution in [3.8, 4) is 0 Å². The molecule has 0 fully saturated rings. The first kappa shape index (κ1) is 17.7. The summed E-state index contributed by atoms with van der Waals surface area (Å²) in [5, 5.41) is 15.8. The number of aryl methyl sites for hydroxylation is 1. The number of aliphatic hydroxyl groups is 1. The van der Waals surface area contributed by atoms with Crippen LogP contribution in [0, 0.1) is 6.92 Å². The molecule has 0 saturated carbocycles. The molecule has 6 nitrogen and oxygen atoms in total. The van der Waals surface area contributed by atoms with E-state index >= 15 is 0 Å². The van der Waals surface area contributed by atoms with Crippen LogP contribution < -0.4 is 10.6 Å². The van der Waals surface area contributed by atoms with Gasteiger partial charge in [-0.15, -0.1) is 0 Å². The average Bonchev–Trinajstić information content (AvgIpc) is 2.48. The van der Waals surface area contributed by atoms with Crippen molar-refractivity contribution in [1.29, 1.82) is 0 Å². The molecule has 120 valence electrons. The smallest absolute Gasteiger partial charge is 0.135 e. The minimum atomic E-state index is 0.0392. The molecule has 1 unspecified atom stereocenters. The lowest BCUT2D eigenvalue weighted by molar-refractivity contribution is 0.170. The molecule has 0 aliphatic carbocycles. The van der Waals surface area contributed by atoms with Crippen LogP contribution in [0.2, 0.25) is 0 Å². The molecule has 21 heavy (non-hydrogen) atoms. The van der Waals surface area contributed by atoms with E-state index in [9.17, 15) is 0 Å². The van der Waals surface area contributed by atoms with E-state index in [1.165, 1.54) is 0 Å². The molecule has 1 aromatic heterocycles. The van der Waals surface area contributed by atoms with Crippen LogP contribution >= 0.6 is 0 Å². The Hall–Kier alpha value is -1.40. The molecule has 6 heteroatoms. The molecule has 0 aliphatic heterocycles. The zero-order valence-electron chi connectivity index (χ0n) is 13.6. The van der Waals surface area contributed by atoms with E-state index in [1.807, 2.05) is 13.8 Å². The number of nitrogens with one attached hydrogen (secondary N) is 2. The predicted octanol–water partition coefficient (Wildman–Crippen LogP) is 1.98. The summed E-state index contributed by atoms with van der Waals surface area (Å²) < 4.78 is 5.19. The second-order valence-electron chi connectivity index (χ2n) is 5.05. The van der Waals surface area contributed by atoms with Crippen molar-refractivity contribution in [2.24, 2.45) is 0 Å². The Morgan fingerprint density at radius 2 is 1.95 bits per heavy atom. The Labute approximate surface area is 127 Å². The molecule has 1 atom stereocenters. The van der Waals surface area contributed by atoms with Crippen molar-refractivity contribution >= 4 is 11.6 Å². The molecule has 0 aliphatic rings. The Balaban J connectivity index is 2.97. The van der Waals surface area contributed by atoms with Crippen molar-refractivity contribution in [3.05, 3.63) is 11.4 Å². The van der Waals surface area contributed by atoms with Gasteiger partial charge in [0.1, 0.15) is 17.5 Å². The van der Waals surface area contributed by atoms with Crippen LogP contribution in [0.1, 0.15) is 38.1 Å². The first-order valence-electron chi connectivity index (χ1n) is 7.63. The van der Waals surface area contributed by atoms with Gasteiger partial charge in [0.15, 0.2) is 0 Å². The summed E-state index contributed by atoms with van der Waals surface area (Å²) in [4.78, 5) is 9.11. The molecule has 0 saturated heterocycles. The maximum atomic E-state index is 9.14. The highest BCUT2D eigenvalue weighted by Gasteiger charge is 2.14. The molecule has 1 heterocycles. The van der Waals surface area contributed by atoms with E-state index < -0.39 is 0 Å². The van der Waals surface area contributed by atoms with Crippen molar-refractivity contribution in [2.45, 2.75) is 46.1 Å². The maximum Gasteiger partial charge on any atom is 0.135 e. The lowest BCUT2D eigenvalue weighted by atomic mass is 10.2. The van der Waals surface area contributed by atoms with Crippen LogP contribution in [0.5, 0.6) is 0 Å². The Bertz CT molecular complexity index is 420. The van der Waals surface area contributed by atoms with Gasteiger partial charge in [-0.2, -0.15) is 0 Å². The molecule has 1 aromatic rings. The third-order valence-electron chi connectivity index (χ3n) is 3.24. The van der Waals surface area contributed by atoms with Crippen LogP contribution in [0.25, 0.3) is 0 Å². The van der Waals surface area contributed by atoms with Gasteiger partial charge in [0, 0.05) is 32.2 Å². The first-order chi connectivity index (χ1) is 10.2. The van der Waals surface area contributed by atoms with Gasteiger partial charge in [0.2, 0.25) is 0 Å². The Morgan fingerprint density at radius 3 is 2.52 bits per heavy atom. The van der Waals surface area contributed by atoms with Gasteiger partial charge in [-0.3, -0.25) is 0 Å². The van der Waals surface area contributed by atoms with Gasteiger partial charge in [-0.05, 0) is 19.8 Å². The number of hydrogen-bond acceptors (Lipinski definition) is 6. The highest BCUT2D eigenvalue weighted by atomic mass is 16.5. The molecule has 0 spiro atoms. The van der Waals surface area contributed by atoms with Gasteiger partial charge >= 0.3 is 0 Å². The number of hydrogen-bond donors (Lipinski definition) is 3. The van der Waals surface area contributed by atoms with Crippen molar-refractivity contribution < 1.29 is 9.84 Å². The highest BCUT2D eigenvalue weighted by molar-refractivity contribution is 5.57. The number of methoxy groups -OCH3 is 1. The third-order valence-corrected chi connectivity index (χ3v) is 3.24. The summed E-state index contributed by atoms with van der Waals surface area (Å²) in [6, 6.07) is 0.0392. The van der Waals surface area contributed by atoms with Gasteiger partial charge in [0.05, 0.1) is 12.6 Å². The standard InChI is InChI=1S/C15H28N4O2/c1-5-8-16-14-11(3)15(19-13(6-2)18-14)17-12(7-9-20)10-21-4/h12,20H,5-10H2,1-4H3,(H2,16,17,18,19). The van der Waals surface area contributed by atoms with Gasteiger partial charge in [-0.25, -0.2) is 9.97 Å². The quantitative estimate of drug-likeness (QED) is 0.613. The number of nitrogens with zero attached hydrogens (tertiary/aromatic N) is 2. The SMILES string of the molecule is CCCNc1nc(CC)nc(NC(CCO)COC)c1C. The number of rotatable bonds is 10. The third kappa shape index (κ3) is 5.47. The zero-order valence-corrected chi connectivity index (χ0v) is 13.6. The molecule has 1 rings (SSSR count). The van der Waals surface area contributed by atoms with E-state index in [1.54, 1.807) is 7.11 Å². The lowest BCUT2D eigenvalue weighted by Crippen LogP contribution is -2.27. The monoisotopic (exact) mass is 296 g/mol. The summed E-state index contributed by atoms with van der Waals surface area (Å²) in [6.07, 6.45) is 2.45. The van der Waals surface area contributed by atoms with Gasteiger partial charge in [0.25, 0.3) is 0 Å². The van der Waals surface area contributed by atoms with Crippen LogP contribution in [0.4, 0.5) is 11.6 Å². The summed E-state index contributed by atoms with van der Waals surface area (Å²) in [6.45, 7) is 7.70. The Kier molecular flexibility index (Phi) is 8.00. The van der Waals surface area contributed by atoms with Crippen molar-refractivity contribution in [3.63, 3.8) is 0 Å². The van der Waals surface area contributed by atoms with Gasteiger partial charge < -0.3 is 20.5 Å². The normalized spacial score (nSPS) is 12.2. The number of aliphatic hydroxyl groups excluding tert-OH is 1. The van der Waals surface area contributed by atoms with E-state index in [0.29, 0.717) is 13.0 Å². The molecular formula is C15H28N4O2.